The van der Waals surface area contributed by atoms with Gasteiger partial charge in [-0.15, -0.1) is 0 Å². The maximum absolute atomic E-state index is 12.4. The number of nitrogens with one attached hydrogen (secondary N) is 1. The van der Waals surface area contributed by atoms with Crippen LogP contribution in [-0.2, 0) is 9.84 Å². The fourth-order valence-corrected chi connectivity index (χ4v) is 4.12. The van der Waals surface area contributed by atoms with E-state index in [1.807, 2.05) is 6.92 Å². The second-order valence-electron chi connectivity index (χ2n) is 4.86. The van der Waals surface area contributed by atoms with Crippen LogP contribution in [0.2, 0.25) is 10.0 Å². The van der Waals surface area contributed by atoms with E-state index in [1.165, 1.54) is 18.2 Å². The Bertz CT molecular complexity index is 556. The molecule has 1 aliphatic rings. The van der Waals surface area contributed by atoms with Crippen LogP contribution in [0.25, 0.3) is 0 Å². The molecule has 1 saturated carbocycles. The van der Waals surface area contributed by atoms with Crippen LogP contribution in [0, 0.1) is 5.92 Å². The Morgan fingerprint density at radius 2 is 2.00 bits per heavy atom. The largest absolute Gasteiger partial charge is 0.313 e. The van der Waals surface area contributed by atoms with Crippen molar-refractivity contribution in [2.75, 3.05) is 12.3 Å². The molecule has 6 heteroatoms. The molecule has 106 valence electrons. The Kier molecular flexibility index (Phi) is 4.77. The number of benzene rings is 1. The maximum Gasteiger partial charge on any atom is 0.179 e. The molecule has 1 unspecified atom stereocenters. The van der Waals surface area contributed by atoms with Gasteiger partial charge in [0.15, 0.2) is 9.84 Å². The first-order chi connectivity index (χ1) is 8.94. The number of sulfone groups is 1. The zero-order valence-corrected chi connectivity index (χ0v) is 13.0. The van der Waals surface area contributed by atoms with Crippen molar-refractivity contribution < 1.29 is 8.42 Å². The molecule has 0 amide bonds. The van der Waals surface area contributed by atoms with E-state index in [1.54, 1.807) is 0 Å². The standard InChI is InChI=1S/C13H17Cl2NO2S/c1-2-16-13(9-3-4-9)8-19(17,18)10-5-6-11(14)12(15)7-10/h5-7,9,13,16H,2-4,8H2,1H3. The fourth-order valence-electron chi connectivity index (χ4n) is 2.13. The van der Waals surface area contributed by atoms with Gasteiger partial charge in [0.05, 0.1) is 20.7 Å². The topological polar surface area (TPSA) is 46.2 Å². The van der Waals surface area contributed by atoms with Crippen molar-refractivity contribution >= 4 is 33.0 Å². The summed E-state index contributed by atoms with van der Waals surface area (Å²) in [7, 11) is -3.33. The first-order valence-corrected chi connectivity index (χ1v) is 8.76. The van der Waals surface area contributed by atoms with Crippen LogP contribution < -0.4 is 5.32 Å². The van der Waals surface area contributed by atoms with Gasteiger partial charge in [-0.3, -0.25) is 0 Å². The summed E-state index contributed by atoms with van der Waals surface area (Å²) >= 11 is 11.7. The van der Waals surface area contributed by atoms with Gasteiger partial charge in [0, 0.05) is 6.04 Å². The molecule has 0 saturated heterocycles. The van der Waals surface area contributed by atoms with Gasteiger partial charge in [-0.25, -0.2) is 8.42 Å². The maximum atomic E-state index is 12.4. The van der Waals surface area contributed by atoms with E-state index in [0.717, 1.165) is 19.4 Å². The van der Waals surface area contributed by atoms with Gasteiger partial charge in [0.25, 0.3) is 0 Å². The molecule has 19 heavy (non-hydrogen) atoms. The molecule has 3 nitrogen and oxygen atoms in total. The Balaban J connectivity index is 2.18. The highest BCUT2D eigenvalue weighted by Crippen LogP contribution is 2.34. The molecule has 0 aliphatic heterocycles. The number of halogens is 2. The van der Waals surface area contributed by atoms with Crippen LogP contribution >= 0.6 is 23.2 Å². The average Bonchev–Trinajstić information content (AvgIpc) is 3.16. The Morgan fingerprint density at radius 3 is 2.53 bits per heavy atom. The molecule has 2 rings (SSSR count). The SMILES string of the molecule is CCNC(CS(=O)(=O)c1ccc(Cl)c(Cl)c1)C1CC1. The van der Waals surface area contributed by atoms with Crippen LogP contribution in [0.5, 0.6) is 0 Å². The summed E-state index contributed by atoms with van der Waals surface area (Å²) in [6.45, 7) is 2.76. The minimum Gasteiger partial charge on any atom is -0.313 e. The highest BCUT2D eigenvalue weighted by molar-refractivity contribution is 7.91. The molecule has 1 aromatic rings. The van der Waals surface area contributed by atoms with Gasteiger partial charge < -0.3 is 5.32 Å². The summed E-state index contributed by atoms with van der Waals surface area (Å²) in [5.41, 5.74) is 0. The van der Waals surface area contributed by atoms with Gasteiger partial charge in [-0.1, -0.05) is 30.1 Å². The van der Waals surface area contributed by atoms with Crippen LogP contribution in [0.3, 0.4) is 0 Å². The van der Waals surface area contributed by atoms with Gasteiger partial charge >= 0.3 is 0 Å². The minimum absolute atomic E-state index is 0.0319. The van der Waals surface area contributed by atoms with Crippen LogP contribution in [-0.4, -0.2) is 26.8 Å². The smallest absolute Gasteiger partial charge is 0.179 e. The molecule has 1 atom stereocenters. The second kappa shape index (κ2) is 6.00. The molecule has 0 aromatic heterocycles. The molecule has 0 spiro atoms. The molecule has 1 N–H and O–H groups in total. The van der Waals surface area contributed by atoms with E-state index in [9.17, 15) is 8.42 Å². The Labute approximate surface area is 124 Å². The van der Waals surface area contributed by atoms with E-state index < -0.39 is 9.84 Å². The molecular weight excluding hydrogens is 305 g/mol. The lowest BCUT2D eigenvalue weighted by Gasteiger charge is -2.17. The molecule has 1 fully saturated rings. The van der Waals surface area contributed by atoms with E-state index in [-0.39, 0.29) is 21.7 Å². The first kappa shape index (κ1) is 15.1. The van der Waals surface area contributed by atoms with Crippen molar-refractivity contribution in [3.05, 3.63) is 28.2 Å². The first-order valence-electron chi connectivity index (χ1n) is 6.35. The third-order valence-corrected chi connectivity index (χ3v) is 5.82. The zero-order valence-electron chi connectivity index (χ0n) is 10.7. The highest BCUT2D eigenvalue weighted by Gasteiger charge is 2.34. The van der Waals surface area contributed by atoms with Crippen LogP contribution in [0.4, 0.5) is 0 Å². The van der Waals surface area contributed by atoms with Gasteiger partial charge in [-0.05, 0) is 43.5 Å². The Morgan fingerprint density at radius 1 is 1.32 bits per heavy atom. The highest BCUT2D eigenvalue weighted by atomic mass is 35.5. The van der Waals surface area contributed by atoms with E-state index in [0.29, 0.717) is 10.9 Å². The summed E-state index contributed by atoms with van der Waals surface area (Å²) in [6, 6.07) is 4.49. The summed E-state index contributed by atoms with van der Waals surface area (Å²) in [5.74, 6) is 0.598. The van der Waals surface area contributed by atoms with Gasteiger partial charge in [-0.2, -0.15) is 0 Å². The van der Waals surface area contributed by atoms with Crippen molar-refractivity contribution in [3.8, 4) is 0 Å². The van der Waals surface area contributed by atoms with Crippen molar-refractivity contribution in [2.24, 2.45) is 5.92 Å². The summed E-state index contributed by atoms with van der Waals surface area (Å²) in [4.78, 5) is 0.241. The molecular formula is C13H17Cl2NO2S. The van der Waals surface area contributed by atoms with Crippen molar-refractivity contribution in [1.29, 1.82) is 0 Å². The summed E-state index contributed by atoms with van der Waals surface area (Å²) in [5, 5.41) is 3.90. The third-order valence-electron chi connectivity index (χ3n) is 3.31. The monoisotopic (exact) mass is 321 g/mol. The van der Waals surface area contributed by atoms with Gasteiger partial charge in [0.2, 0.25) is 0 Å². The van der Waals surface area contributed by atoms with Crippen LogP contribution in [0.15, 0.2) is 23.1 Å². The minimum atomic E-state index is -3.33. The quantitative estimate of drug-likeness (QED) is 0.875. The zero-order chi connectivity index (χ0) is 14.0. The number of hydrogen-bond donors (Lipinski definition) is 1. The van der Waals surface area contributed by atoms with Crippen molar-refractivity contribution in [1.82, 2.24) is 5.32 Å². The second-order valence-corrected chi connectivity index (χ2v) is 7.71. The van der Waals surface area contributed by atoms with Crippen molar-refractivity contribution in [3.63, 3.8) is 0 Å². The average molecular weight is 322 g/mol. The lowest BCUT2D eigenvalue weighted by molar-refractivity contribution is 0.502. The van der Waals surface area contributed by atoms with Crippen LogP contribution in [0.1, 0.15) is 19.8 Å². The van der Waals surface area contributed by atoms with Gasteiger partial charge in [0.1, 0.15) is 0 Å². The molecule has 1 aromatic carbocycles. The predicted octanol–water partition coefficient (Wildman–Crippen LogP) is 3.16. The lowest BCUT2D eigenvalue weighted by atomic mass is 10.2. The number of hydrogen-bond acceptors (Lipinski definition) is 3. The van der Waals surface area contributed by atoms with E-state index >= 15 is 0 Å². The molecule has 0 heterocycles. The summed E-state index contributed by atoms with van der Waals surface area (Å²) < 4.78 is 24.7. The molecule has 0 bridgehead atoms. The fraction of sp³-hybridized carbons (Fsp3) is 0.538. The summed E-state index contributed by atoms with van der Waals surface area (Å²) in [6.07, 6.45) is 2.21. The van der Waals surface area contributed by atoms with E-state index in [2.05, 4.69) is 5.32 Å². The Hall–Kier alpha value is -0.290. The third kappa shape index (κ3) is 3.85. The normalized spacial score (nSPS) is 17.4. The molecule has 0 radical (unpaired) electrons. The molecule has 1 aliphatic carbocycles. The lowest BCUT2D eigenvalue weighted by Crippen LogP contribution is -2.37. The van der Waals surface area contributed by atoms with Crippen molar-refractivity contribution in [2.45, 2.75) is 30.7 Å². The number of rotatable bonds is 6. The predicted molar refractivity (Wildman–Crippen MR) is 78.7 cm³/mol. The van der Waals surface area contributed by atoms with E-state index in [4.69, 9.17) is 23.2 Å².